The van der Waals surface area contributed by atoms with Gasteiger partial charge in [-0.3, -0.25) is 0 Å². The van der Waals surface area contributed by atoms with Crippen molar-refractivity contribution in [3.8, 4) is 0 Å². The first kappa shape index (κ1) is 17.2. The molecule has 0 aromatic heterocycles. The molecular weight excluding hydrogens is 224 g/mol. The van der Waals surface area contributed by atoms with Crippen LogP contribution in [0.5, 0.6) is 0 Å². The number of esters is 1. The van der Waals surface area contributed by atoms with E-state index in [1.807, 2.05) is 0 Å². The van der Waals surface area contributed by atoms with Crippen molar-refractivity contribution in [3.05, 3.63) is 12.2 Å². The lowest BCUT2D eigenvalue weighted by molar-refractivity contribution is -0.139. The summed E-state index contributed by atoms with van der Waals surface area (Å²) in [6, 6.07) is 0. The van der Waals surface area contributed by atoms with Gasteiger partial charge >= 0.3 is 5.97 Å². The summed E-state index contributed by atoms with van der Waals surface area (Å²) in [7, 11) is 0. The summed E-state index contributed by atoms with van der Waals surface area (Å²) in [5.74, 6) is 0.658. The van der Waals surface area contributed by atoms with Crippen molar-refractivity contribution in [1.29, 1.82) is 0 Å². The molecule has 0 saturated heterocycles. The summed E-state index contributed by atoms with van der Waals surface area (Å²) in [6.07, 6.45) is 10.0. The molecule has 0 unspecified atom stereocenters. The number of ether oxygens (including phenoxy) is 1. The predicted octanol–water partition coefficient (Wildman–Crippen LogP) is 4.88. The minimum Gasteiger partial charge on any atom is -0.462 e. The van der Waals surface area contributed by atoms with E-state index in [1.54, 1.807) is 6.92 Å². The maximum Gasteiger partial charge on any atom is 0.333 e. The standard InChI is InChI=1S/C16H30O2/c1-5-15(6-2)12-10-8-7-9-11-13-18-16(17)14(3)4/h15H,3,5-13H2,1-2,4H3. The van der Waals surface area contributed by atoms with Crippen molar-refractivity contribution >= 4 is 5.97 Å². The third-order valence-corrected chi connectivity index (χ3v) is 3.49. The van der Waals surface area contributed by atoms with Crippen molar-refractivity contribution < 1.29 is 9.53 Å². The van der Waals surface area contributed by atoms with Crippen LogP contribution in [0.1, 0.15) is 72.1 Å². The van der Waals surface area contributed by atoms with Gasteiger partial charge in [-0.25, -0.2) is 4.79 Å². The van der Waals surface area contributed by atoms with Crippen LogP contribution >= 0.6 is 0 Å². The molecule has 0 spiro atoms. The third kappa shape index (κ3) is 9.26. The van der Waals surface area contributed by atoms with Crippen molar-refractivity contribution in [2.45, 2.75) is 72.1 Å². The summed E-state index contributed by atoms with van der Waals surface area (Å²) >= 11 is 0. The van der Waals surface area contributed by atoms with E-state index in [9.17, 15) is 4.79 Å². The van der Waals surface area contributed by atoms with Gasteiger partial charge in [-0.15, -0.1) is 0 Å². The number of hydrogen-bond acceptors (Lipinski definition) is 2. The molecule has 0 aliphatic rings. The van der Waals surface area contributed by atoms with Crippen LogP contribution in [0.2, 0.25) is 0 Å². The van der Waals surface area contributed by atoms with Crippen LogP contribution in [0.4, 0.5) is 0 Å². The summed E-state index contributed by atoms with van der Waals surface area (Å²) < 4.78 is 5.04. The highest BCUT2D eigenvalue weighted by Crippen LogP contribution is 2.17. The fraction of sp³-hybridized carbons (Fsp3) is 0.812. The Morgan fingerprint density at radius 2 is 1.61 bits per heavy atom. The van der Waals surface area contributed by atoms with E-state index < -0.39 is 0 Å². The van der Waals surface area contributed by atoms with Crippen molar-refractivity contribution in [3.63, 3.8) is 0 Å². The number of rotatable bonds is 11. The molecule has 0 amide bonds. The van der Waals surface area contributed by atoms with Gasteiger partial charge in [-0.2, -0.15) is 0 Å². The quantitative estimate of drug-likeness (QED) is 0.298. The molecule has 0 aromatic carbocycles. The van der Waals surface area contributed by atoms with Gasteiger partial charge in [0.15, 0.2) is 0 Å². The smallest absolute Gasteiger partial charge is 0.333 e. The first-order valence-electron chi connectivity index (χ1n) is 7.44. The Bertz CT molecular complexity index is 229. The zero-order valence-electron chi connectivity index (χ0n) is 12.5. The monoisotopic (exact) mass is 254 g/mol. The van der Waals surface area contributed by atoms with Crippen molar-refractivity contribution in [2.75, 3.05) is 6.61 Å². The summed E-state index contributed by atoms with van der Waals surface area (Å²) in [5, 5.41) is 0. The summed E-state index contributed by atoms with van der Waals surface area (Å²) in [6.45, 7) is 10.3. The Balaban J connectivity index is 3.26. The second-order valence-corrected chi connectivity index (χ2v) is 5.16. The van der Waals surface area contributed by atoms with Gasteiger partial charge < -0.3 is 4.74 Å². The minimum atomic E-state index is -0.260. The van der Waals surface area contributed by atoms with Crippen LogP contribution in [-0.2, 0) is 9.53 Å². The Morgan fingerprint density at radius 3 is 2.17 bits per heavy atom. The maximum atomic E-state index is 11.1. The fourth-order valence-electron chi connectivity index (χ4n) is 2.05. The Hall–Kier alpha value is -0.790. The van der Waals surface area contributed by atoms with Crippen LogP contribution in [-0.4, -0.2) is 12.6 Å². The van der Waals surface area contributed by atoms with E-state index in [-0.39, 0.29) is 5.97 Å². The SMILES string of the molecule is C=C(C)C(=O)OCCCCCCCC(CC)CC. The Morgan fingerprint density at radius 1 is 1.06 bits per heavy atom. The number of unbranched alkanes of at least 4 members (excludes halogenated alkanes) is 4. The van der Waals surface area contributed by atoms with Crippen LogP contribution in [0.25, 0.3) is 0 Å². The second-order valence-electron chi connectivity index (χ2n) is 5.16. The largest absolute Gasteiger partial charge is 0.462 e. The first-order valence-corrected chi connectivity index (χ1v) is 7.44. The molecule has 0 rings (SSSR count). The average molecular weight is 254 g/mol. The zero-order valence-corrected chi connectivity index (χ0v) is 12.5. The number of hydrogen-bond donors (Lipinski definition) is 0. The van der Waals surface area contributed by atoms with Crippen LogP contribution < -0.4 is 0 Å². The second kappa shape index (κ2) is 11.3. The molecule has 18 heavy (non-hydrogen) atoms. The van der Waals surface area contributed by atoms with E-state index >= 15 is 0 Å². The van der Waals surface area contributed by atoms with Crippen molar-refractivity contribution in [2.24, 2.45) is 5.92 Å². The molecule has 0 bridgehead atoms. The highest BCUT2D eigenvalue weighted by Gasteiger charge is 2.03. The minimum absolute atomic E-state index is 0.260. The van der Waals surface area contributed by atoms with Gasteiger partial charge in [-0.1, -0.05) is 65.4 Å². The Labute approximate surface area is 113 Å². The molecule has 106 valence electrons. The molecule has 0 aliphatic heterocycles. The van der Waals surface area contributed by atoms with E-state index in [2.05, 4.69) is 20.4 Å². The van der Waals surface area contributed by atoms with E-state index in [4.69, 9.17) is 4.74 Å². The van der Waals surface area contributed by atoms with Gasteiger partial charge in [0, 0.05) is 5.57 Å². The molecule has 0 radical (unpaired) electrons. The van der Waals surface area contributed by atoms with Gasteiger partial charge in [0.1, 0.15) is 0 Å². The lowest BCUT2D eigenvalue weighted by Gasteiger charge is -2.11. The van der Waals surface area contributed by atoms with Gasteiger partial charge in [0.25, 0.3) is 0 Å². The molecule has 0 N–H and O–H groups in total. The topological polar surface area (TPSA) is 26.3 Å². The van der Waals surface area contributed by atoms with E-state index in [1.165, 1.54) is 38.5 Å². The number of carbonyl (C=O) groups is 1. The van der Waals surface area contributed by atoms with Gasteiger partial charge in [0.2, 0.25) is 0 Å². The molecule has 2 heteroatoms. The summed E-state index contributed by atoms with van der Waals surface area (Å²) in [5.41, 5.74) is 0.486. The van der Waals surface area contributed by atoms with E-state index in [0.717, 1.165) is 18.8 Å². The van der Waals surface area contributed by atoms with Gasteiger partial charge in [0.05, 0.1) is 6.61 Å². The van der Waals surface area contributed by atoms with Crippen LogP contribution in [0, 0.1) is 5.92 Å². The molecule has 0 atom stereocenters. The van der Waals surface area contributed by atoms with Crippen LogP contribution in [0.3, 0.4) is 0 Å². The molecule has 2 nitrogen and oxygen atoms in total. The molecule has 0 saturated carbocycles. The molecular formula is C16H30O2. The summed E-state index contributed by atoms with van der Waals surface area (Å²) in [4.78, 5) is 11.1. The molecule has 0 aromatic rings. The van der Waals surface area contributed by atoms with Crippen LogP contribution in [0.15, 0.2) is 12.2 Å². The lowest BCUT2D eigenvalue weighted by Crippen LogP contribution is -2.06. The number of carbonyl (C=O) groups excluding carboxylic acids is 1. The lowest BCUT2D eigenvalue weighted by atomic mass is 9.96. The van der Waals surface area contributed by atoms with Crippen molar-refractivity contribution in [1.82, 2.24) is 0 Å². The predicted molar refractivity (Wildman–Crippen MR) is 77.5 cm³/mol. The highest BCUT2D eigenvalue weighted by atomic mass is 16.5. The Kier molecular flexibility index (Phi) is 10.8. The normalized spacial score (nSPS) is 10.7. The van der Waals surface area contributed by atoms with Gasteiger partial charge in [-0.05, 0) is 19.3 Å². The molecule has 0 heterocycles. The molecule has 0 aliphatic carbocycles. The fourth-order valence-corrected chi connectivity index (χ4v) is 2.05. The molecule has 0 fully saturated rings. The first-order chi connectivity index (χ1) is 8.61. The zero-order chi connectivity index (χ0) is 13.8. The average Bonchev–Trinajstić information content (AvgIpc) is 2.36. The highest BCUT2D eigenvalue weighted by molar-refractivity contribution is 5.86. The maximum absolute atomic E-state index is 11.1. The third-order valence-electron chi connectivity index (χ3n) is 3.49. The van der Waals surface area contributed by atoms with E-state index in [0.29, 0.717) is 12.2 Å².